The fourth-order valence-corrected chi connectivity index (χ4v) is 3.89. The van der Waals surface area contributed by atoms with Crippen LogP contribution in [0, 0.1) is 0 Å². The zero-order chi connectivity index (χ0) is 23.2. The van der Waals surface area contributed by atoms with Gasteiger partial charge in [-0.1, -0.05) is 111 Å². The van der Waals surface area contributed by atoms with Crippen molar-refractivity contribution in [2.24, 2.45) is 0 Å². The highest BCUT2D eigenvalue weighted by Gasteiger charge is 2.17. The molecule has 0 aliphatic heterocycles. The molecule has 0 unspecified atom stereocenters. The molecule has 0 heterocycles. The average Bonchev–Trinajstić information content (AvgIpc) is 2.89. The molecule has 0 atom stereocenters. The summed E-state index contributed by atoms with van der Waals surface area (Å²) in [5.74, 6) is 0. The maximum absolute atomic E-state index is 4.27. The largest absolute Gasteiger partial charge is 0.310 e. The summed E-state index contributed by atoms with van der Waals surface area (Å²) in [6.45, 7) is 16.5. The van der Waals surface area contributed by atoms with E-state index >= 15 is 0 Å². The van der Waals surface area contributed by atoms with E-state index < -0.39 is 0 Å². The first-order chi connectivity index (χ1) is 16.1. The number of nitrogens with zero attached hydrogens (tertiary/aromatic N) is 1. The number of hydrogen-bond acceptors (Lipinski definition) is 1. The first-order valence-electron chi connectivity index (χ1n) is 10.9. The highest BCUT2D eigenvalue weighted by atomic mass is 15.1. The molecule has 0 radical (unpaired) electrons. The zero-order valence-electron chi connectivity index (χ0n) is 18.7. The van der Waals surface area contributed by atoms with E-state index in [1.807, 2.05) is 24.3 Å². The van der Waals surface area contributed by atoms with E-state index in [0.717, 1.165) is 39.3 Å². The first kappa shape index (κ1) is 21.9. The van der Waals surface area contributed by atoms with Crippen molar-refractivity contribution in [3.8, 4) is 22.3 Å². The van der Waals surface area contributed by atoms with Crippen molar-refractivity contribution in [3.63, 3.8) is 0 Å². The van der Waals surface area contributed by atoms with Gasteiger partial charge >= 0.3 is 0 Å². The van der Waals surface area contributed by atoms with Crippen LogP contribution in [0.1, 0.15) is 5.56 Å². The van der Waals surface area contributed by atoms with E-state index in [1.165, 1.54) is 11.1 Å². The van der Waals surface area contributed by atoms with Gasteiger partial charge in [-0.15, -0.1) is 0 Å². The fourth-order valence-electron chi connectivity index (χ4n) is 3.89. The summed E-state index contributed by atoms with van der Waals surface area (Å²) in [6.07, 6.45) is 3.57. The zero-order valence-corrected chi connectivity index (χ0v) is 18.7. The molecule has 0 fully saturated rings. The Kier molecular flexibility index (Phi) is 6.52. The lowest BCUT2D eigenvalue weighted by Crippen LogP contribution is -2.15. The van der Waals surface area contributed by atoms with Gasteiger partial charge in [0.1, 0.15) is 0 Å². The predicted octanol–water partition coefficient (Wildman–Crippen LogP) is 9.06. The molecule has 0 amide bonds. The highest BCUT2D eigenvalue weighted by molar-refractivity contribution is 5.88. The summed E-state index contributed by atoms with van der Waals surface area (Å²) in [5.41, 5.74) is 9.26. The minimum absolute atomic E-state index is 0.785. The van der Waals surface area contributed by atoms with E-state index in [4.69, 9.17) is 0 Å². The van der Waals surface area contributed by atoms with Gasteiger partial charge in [0.05, 0.1) is 5.69 Å². The second-order valence-electron chi connectivity index (χ2n) is 7.77. The highest BCUT2D eigenvalue weighted by Crippen LogP contribution is 2.38. The van der Waals surface area contributed by atoms with Crippen LogP contribution in [0.4, 0.5) is 11.4 Å². The van der Waals surface area contributed by atoms with E-state index in [0.29, 0.717) is 0 Å². The van der Waals surface area contributed by atoms with Crippen molar-refractivity contribution in [2.75, 3.05) is 4.90 Å². The second kappa shape index (κ2) is 9.84. The summed E-state index contributed by atoms with van der Waals surface area (Å²) in [4.78, 5) is 2.11. The van der Waals surface area contributed by atoms with Gasteiger partial charge in [0.15, 0.2) is 0 Å². The monoisotopic (exact) mass is 425 g/mol. The standard InChI is InChI=1S/C32H27N/c1-5-24(3)31-23-29(27-15-11-8-12-16-27)19-22-32(31)33(25(4)6-2)30-20-17-28(18-21-30)26-13-9-7-10-14-26/h5-23H,1-4H2. The summed E-state index contributed by atoms with van der Waals surface area (Å²) in [5, 5.41) is 0. The number of anilines is 2. The van der Waals surface area contributed by atoms with Crippen molar-refractivity contribution in [1.82, 2.24) is 0 Å². The molecule has 160 valence electrons. The Balaban J connectivity index is 1.82. The SMILES string of the molecule is C=CC(=C)c1cc(-c2ccccc2)ccc1N(C(=C)C=C)c1ccc(-c2ccccc2)cc1. The number of hydrogen-bond donors (Lipinski definition) is 0. The number of rotatable bonds is 8. The molecule has 0 aromatic heterocycles. The second-order valence-corrected chi connectivity index (χ2v) is 7.77. The molecule has 0 bridgehead atoms. The van der Waals surface area contributed by atoms with Gasteiger partial charge in [-0.05, 0) is 58.2 Å². The van der Waals surface area contributed by atoms with Gasteiger partial charge in [0.2, 0.25) is 0 Å². The van der Waals surface area contributed by atoms with Crippen molar-refractivity contribution in [3.05, 3.63) is 153 Å². The molecule has 33 heavy (non-hydrogen) atoms. The minimum atomic E-state index is 0.785. The lowest BCUT2D eigenvalue weighted by Gasteiger charge is -2.28. The Morgan fingerprint density at radius 2 is 1.09 bits per heavy atom. The Bertz CT molecular complexity index is 1300. The topological polar surface area (TPSA) is 3.24 Å². The van der Waals surface area contributed by atoms with Crippen LogP contribution in [-0.2, 0) is 0 Å². The Hall–Kier alpha value is -4.36. The molecule has 0 N–H and O–H groups in total. The van der Waals surface area contributed by atoms with Crippen LogP contribution in [0.15, 0.2) is 147 Å². The lowest BCUT2D eigenvalue weighted by atomic mass is 9.96. The molecule has 4 aromatic carbocycles. The molecule has 1 nitrogen and oxygen atoms in total. The van der Waals surface area contributed by atoms with E-state index in [9.17, 15) is 0 Å². The fraction of sp³-hybridized carbons (Fsp3) is 0. The van der Waals surface area contributed by atoms with Crippen molar-refractivity contribution in [2.45, 2.75) is 0 Å². The quantitative estimate of drug-likeness (QED) is 0.254. The van der Waals surface area contributed by atoms with Crippen LogP contribution in [0.5, 0.6) is 0 Å². The van der Waals surface area contributed by atoms with Crippen LogP contribution < -0.4 is 4.90 Å². The summed E-state index contributed by atoms with van der Waals surface area (Å²) >= 11 is 0. The van der Waals surface area contributed by atoms with Crippen molar-refractivity contribution >= 4 is 16.9 Å². The van der Waals surface area contributed by atoms with E-state index in [1.54, 1.807) is 12.2 Å². The van der Waals surface area contributed by atoms with E-state index in [-0.39, 0.29) is 0 Å². The van der Waals surface area contributed by atoms with Crippen LogP contribution >= 0.6 is 0 Å². The number of benzene rings is 4. The molecular formula is C32H27N. The van der Waals surface area contributed by atoms with Crippen molar-refractivity contribution in [1.29, 1.82) is 0 Å². The van der Waals surface area contributed by atoms with Gasteiger partial charge in [-0.25, -0.2) is 0 Å². The van der Waals surface area contributed by atoms with Gasteiger partial charge in [0.25, 0.3) is 0 Å². The third-order valence-electron chi connectivity index (χ3n) is 5.69. The minimum Gasteiger partial charge on any atom is -0.310 e. The molecule has 4 aromatic rings. The first-order valence-corrected chi connectivity index (χ1v) is 10.9. The summed E-state index contributed by atoms with van der Waals surface area (Å²) in [6, 6.07) is 35.6. The summed E-state index contributed by atoms with van der Waals surface area (Å²) < 4.78 is 0. The molecule has 0 aliphatic rings. The molecule has 0 saturated heterocycles. The third-order valence-corrected chi connectivity index (χ3v) is 5.69. The molecule has 0 saturated carbocycles. The Morgan fingerprint density at radius 1 is 0.576 bits per heavy atom. The summed E-state index contributed by atoms with van der Waals surface area (Å²) in [7, 11) is 0. The Labute approximate surface area is 197 Å². The predicted molar refractivity (Wildman–Crippen MR) is 144 cm³/mol. The molecule has 0 spiro atoms. The average molecular weight is 426 g/mol. The van der Waals surface area contributed by atoms with Gasteiger partial charge in [-0.3, -0.25) is 0 Å². The lowest BCUT2D eigenvalue weighted by molar-refractivity contribution is 1.21. The smallest absolute Gasteiger partial charge is 0.0539 e. The van der Waals surface area contributed by atoms with Gasteiger partial charge < -0.3 is 4.90 Å². The molecule has 4 rings (SSSR count). The normalized spacial score (nSPS) is 10.3. The maximum Gasteiger partial charge on any atom is 0.0539 e. The van der Waals surface area contributed by atoms with Crippen molar-refractivity contribution < 1.29 is 0 Å². The Morgan fingerprint density at radius 3 is 1.64 bits per heavy atom. The molecular weight excluding hydrogens is 398 g/mol. The molecule has 1 heteroatoms. The van der Waals surface area contributed by atoms with Crippen LogP contribution in [0.25, 0.3) is 27.8 Å². The van der Waals surface area contributed by atoms with Crippen LogP contribution in [0.3, 0.4) is 0 Å². The van der Waals surface area contributed by atoms with E-state index in [2.05, 4.69) is 110 Å². The van der Waals surface area contributed by atoms with Gasteiger partial charge in [-0.2, -0.15) is 0 Å². The van der Waals surface area contributed by atoms with Crippen LogP contribution in [0.2, 0.25) is 0 Å². The molecule has 0 aliphatic carbocycles. The number of allylic oxidation sites excluding steroid dienone is 3. The third kappa shape index (κ3) is 4.63. The van der Waals surface area contributed by atoms with Crippen LogP contribution in [-0.4, -0.2) is 0 Å². The maximum atomic E-state index is 4.27. The van der Waals surface area contributed by atoms with Gasteiger partial charge in [0, 0.05) is 16.9 Å².